The van der Waals surface area contributed by atoms with E-state index >= 15 is 0 Å². The van der Waals surface area contributed by atoms with E-state index in [1.807, 2.05) is 31.7 Å². The summed E-state index contributed by atoms with van der Waals surface area (Å²) in [5, 5.41) is 11.6. The van der Waals surface area contributed by atoms with Gasteiger partial charge >= 0.3 is 0 Å². The van der Waals surface area contributed by atoms with E-state index in [0.29, 0.717) is 60.7 Å². The number of nitrogens with two attached hydrogens (primary N) is 1. The van der Waals surface area contributed by atoms with Crippen LogP contribution in [0.5, 0.6) is 0 Å². The Bertz CT molecular complexity index is 3440. The second kappa shape index (κ2) is 17.1. The summed E-state index contributed by atoms with van der Waals surface area (Å²) in [6.07, 6.45) is 13.5. The van der Waals surface area contributed by atoms with E-state index in [-0.39, 0.29) is 11.7 Å². The molecule has 3 unspecified atom stereocenters. The van der Waals surface area contributed by atoms with E-state index in [9.17, 15) is 13.2 Å². The lowest BCUT2D eigenvalue weighted by atomic mass is 9.88. The summed E-state index contributed by atoms with van der Waals surface area (Å²) in [4.78, 5) is 38.1. The number of carbonyl (C=O) groups excluding carboxylic acids is 1. The maximum Gasteiger partial charge on any atom is 0.231 e. The van der Waals surface area contributed by atoms with Crippen molar-refractivity contribution in [3.8, 4) is 22.5 Å². The number of piperidine rings is 2. The van der Waals surface area contributed by atoms with Crippen LogP contribution >= 0.6 is 22.7 Å². The molecule has 69 heavy (non-hydrogen) atoms. The molecular weight excluding hydrogens is 923 g/mol. The molecular formula is C52H65N11O3S3. The number of hydrogen-bond donors (Lipinski definition) is 3. The maximum atomic E-state index is 11.7. The Hall–Kier alpha value is -4.94. The van der Waals surface area contributed by atoms with Gasteiger partial charge in [0.05, 0.1) is 23.7 Å². The van der Waals surface area contributed by atoms with Gasteiger partial charge < -0.3 is 15.7 Å². The van der Waals surface area contributed by atoms with Gasteiger partial charge in [-0.25, -0.2) is 27.4 Å². The van der Waals surface area contributed by atoms with Gasteiger partial charge in [0.1, 0.15) is 32.2 Å². The first kappa shape index (κ1) is 46.4. The van der Waals surface area contributed by atoms with Crippen LogP contribution in [0.4, 0.5) is 0 Å². The maximum absolute atomic E-state index is 11.7. The number of sulfone groups is 1. The number of thiophene rings is 2. The Balaban J connectivity index is 0.000000151. The molecule has 0 radical (unpaired) electrons. The smallest absolute Gasteiger partial charge is 0.231 e. The molecule has 4 bridgehead atoms. The van der Waals surface area contributed by atoms with Crippen LogP contribution in [0, 0.1) is 46.5 Å². The third-order valence-corrected chi connectivity index (χ3v) is 20.0. The number of pyridine rings is 2. The number of H-pyrrole nitrogens is 2. The first-order valence-corrected chi connectivity index (χ1v) is 28.4. The predicted octanol–water partition coefficient (Wildman–Crippen LogP) is 9.55. The molecule has 8 aromatic heterocycles. The highest BCUT2D eigenvalue weighted by Crippen LogP contribution is 2.54. The third-order valence-electron chi connectivity index (χ3n) is 16.6. The number of nitrogens with one attached hydrogen (secondary N) is 2. The number of carbonyl (C=O) groups is 1. The zero-order valence-electron chi connectivity index (χ0n) is 41.5. The fourth-order valence-electron chi connectivity index (χ4n) is 13.0. The summed E-state index contributed by atoms with van der Waals surface area (Å²) in [6, 6.07) is 3.45. The van der Waals surface area contributed by atoms with Gasteiger partial charge in [0.25, 0.3) is 0 Å². The predicted molar refractivity (Wildman–Crippen MR) is 279 cm³/mol. The van der Waals surface area contributed by atoms with Gasteiger partial charge in [-0.1, -0.05) is 27.7 Å². The van der Waals surface area contributed by atoms with Crippen LogP contribution in [0.3, 0.4) is 0 Å². The Kier molecular flexibility index (Phi) is 11.5. The standard InChI is InChI=1S/C27H35N5O2S2.C25H30N6OS/c1-14(2)22-23-17(5)25(20-10-19-9-18(20)11-31(19)7-8-36(6,33)34)35-27(23)30-24(22)21-12-32-26(28-13-29-32)16(4)15(21)3;1-12(2)22-18-7-20(17-6-16-5-15(17)8-30(16)10-21(26)32)33-25(18)29-23(22)19-9-31-24(27-11-28-31)14(4)13(19)3/h12-14,18-20,30H,7-11H2,1-6H3;7,9,11-12,15-17,29H,5-6,8,10H2,1-4H3,(H2,26,32)/t18-,19?,20+;15-,16?,17?/m00/s1. The minimum absolute atomic E-state index is 0.216. The zero-order chi connectivity index (χ0) is 48.5. The van der Waals surface area contributed by atoms with Crippen molar-refractivity contribution in [3.63, 3.8) is 0 Å². The van der Waals surface area contributed by atoms with Crippen molar-refractivity contribution >= 4 is 70.1 Å². The van der Waals surface area contributed by atoms with Crippen molar-refractivity contribution < 1.29 is 13.2 Å². The second-order valence-electron chi connectivity index (χ2n) is 21.5. The molecule has 4 fully saturated rings. The number of aromatic amines is 2. The fraction of sp³-hybridized carbons (Fsp3) is 0.519. The van der Waals surface area contributed by atoms with Gasteiger partial charge in [0.15, 0.2) is 11.3 Å². The molecule has 364 valence electrons. The van der Waals surface area contributed by atoms with Gasteiger partial charge in [-0.15, -0.1) is 22.7 Å². The minimum Gasteiger partial charge on any atom is -0.369 e. The summed E-state index contributed by atoms with van der Waals surface area (Å²) in [5.74, 6) is 3.24. The average molecular weight is 988 g/mol. The lowest BCUT2D eigenvalue weighted by Gasteiger charge is -2.31. The van der Waals surface area contributed by atoms with Crippen LogP contribution in [0.2, 0.25) is 0 Å². The van der Waals surface area contributed by atoms with E-state index in [2.05, 4.69) is 121 Å². The Morgan fingerprint density at radius 1 is 0.739 bits per heavy atom. The van der Waals surface area contributed by atoms with Gasteiger partial charge in [0, 0.05) is 82.0 Å². The molecule has 2 saturated carbocycles. The number of primary amides is 1. The molecule has 2 saturated heterocycles. The monoisotopic (exact) mass is 987 g/mol. The molecule has 17 heteroatoms. The second-order valence-corrected chi connectivity index (χ2v) is 25.9. The van der Waals surface area contributed by atoms with E-state index in [4.69, 9.17) is 5.73 Å². The van der Waals surface area contributed by atoms with E-state index in [1.54, 1.807) is 12.7 Å². The van der Waals surface area contributed by atoms with Crippen LogP contribution in [0.1, 0.15) is 126 Å². The number of aryl methyl sites for hydroxylation is 3. The van der Waals surface area contributed by atoms with Crippen molar-refractivity contribution in [1.29, 1.82) is 0 Å². The number of likely N-dealkylation sites (tertiary alicyclic amines) is 2. The zero-order valence-corrected chi connectivity index (χ0v) is 43.9. The van der Waals surface area contributed by atoms with Crippen molar-refractivity contribution in [2.45, 2.75) is 124 Å². The molecule has 10 heterocycles. The summed E-state index contributed by atoms with van der Waals surface area (Å²) in [7, 11) is -2.92. The highest BCUT2D eigenvalue weighted by atomic mass is 32.2. The average Bonchev–Trinajstić information content (AvgIpc) is 4.13. The molecule has 2 aliphatic carbocycles. The molecule has 4 N–H and O–H groups in total. The Morgan fingerprint density at radius 2 is 1.29 bits per heavy atom. The molecule has 12 rings (SSSR count). The van der Waals surface area contributed by atoms with Gasteiger partial charge in [0.2, 0.25) is 5.91 Å². The van der Waals surface area contributed by atoms with Crippen LogP contribution < -0.4 is 5.73 Å². The molecule has 6 atom stereocenters. The molecule has 8 aromatic rings. The number of aromatic nitrogens is 8. The highest BCUT2D eigenvalue weighted by molar-refractivity contribution is 7.90. The lowest BCUT2D eigenvalue weighted by Crippen LogP contribution is -2.40. The van der Waals surface area contributed by atoms with Crippen LogP contribution in [0.15, 0.2) is 31.1 Å². The summed E-state index contributed by atoms with van der Waals surface area (Å²) in [5.41, 5.74) is 21.1. The lowest BCUT2D eigenvalue weighted by molar-refractivity contribution is -0.119. The molecule has 1 amide bonds. The molecule has 2 aliphatic heterocycles. The van der Waals surface area contributed by atoms with E-state index in [0.717, 1.165) is 42.8 Å². The molecule has 0 spiro atoms. The Labute approximate surface area is 412 Å². The van der Waals surface area contributed by atoms with Crippen molar-refractivity contribution in [3.05, 3.63) is 79.8 Å². The molecule has 0 aromatic carbocycles. The summed E-state index contributed by atoms with van der Waals surface area (Å²) < 4.78 is 27.1. The normalized spacial score (nSPS) is 22.8. The van der Waals surface area contributed by atoms with Gasteiger partial charge in [-0.3, -0.25) is 14.6 Å². The quantitative estimate of drug-likeness (QED) is 0.114. The van der Waals surface area contributed by atoms with Crippen molar-refractivity contribution in [1.82, 2.24) is 49.0 Å². The third kappa shape index (κ3) is 7.85. The van der Waals surface area contributed by atoms with Crippen LogP contribution in [-0.2, 0) is 14.6 Å². The topological polar surface area (TPSA) is 176 Å². The number of hydrogen-bond acceptors (Lipinski definition) is 11. The molecule has 4 aliphatic rings. The molecule has 14 nitrogen and oxygen atoms in total. The number of fused-ring (bicyclic) bond motifs is 8. The highest BCUT2D eigenvalue weighted by Gasteiger charge is 2.47. The number of nitrogens with zero attached hydrogens (tertiary/aromatic N) is 8. The van der Waals surface area contributed by atoms with Gasteiger partial charge in [-0.2, -0.15) is 10.2 Å². The van der Waals surface area contributed by atoms with Crippen molar-refractivity contribution in [2.75, 3.05) is 38.2 Å². The van der Waals surface area contributed by atoms with Crippen LogP contribution in [-0.4, -0.2) is 114 Å². The van der Waals surface area contributed by atoms with E-state index < -0.39 is 9.84 Å². The van der Waals surface area contributed by atoms with Crippen molar-refractivity contribution in [2.24, 2.45) is 17.6 Å². The summed E-state index contributed by atoms with van der Waals surface area (Å²) >= 11 is 3.85. The summed E-state index contributed by atoms with van der Waals surface area (Å²) in [6.45, 7) is 23.1. The van der Waals surface area contributed by atoms with Crippen LogP contribution in [0.25, 0.3) is 54.2 Å². The largest absolute Gasteiger partial charge is 0.369 e. The fourth-order valence-corrected chi connectivity index (χ4v) is 16.3. The van der Waals surface area contributed by atoms with E-state index in [1.165, 1.54) is 105 Å². The minimum atomic E-state index is -2.92. The number of rotatable bonds is 11. The number of amides is 1. The first-order valence-electron chi connectivity index (χ1n) is 24.7. The van der Waals surface area contributed by atoms with Gasteiger partial charge in [-0.05, 0) is 141 Å². The first-order chi connectivity index (χ1) is 32.8. The Morgan fingerprint density at radius 3 is 1.83 bits per heavy atom. The SMILES string of the molecule is Cc1c(-c2[nH]c3sc(C4CC5C[C@H]4CN5CC(N)=O)cc3c2C(C)C)cn2ncnc2c1C.Cc1c(-c2[nH]c3sc([C@@H]4CC5C[C@H]4CN5CCS(C)(=O)=O)c(C)c3c2C(C)C)cn2ncnc2c1C.